The highest BCUT2D eigenvalue weighted by Gasteiger charge is 2.32. The van der Waals surface area contributed by atoms with Crippen LogP contribution in [0.25, 0.3) is 0 Å². The maximum absolute atomic E-state index is 9.45. The number of hydrogen-bond acceptors (Lipinski definition) is 2. The van der Waals surface area contributed by atoms with Crippen LogP contribution in [0.5, 0.6) is 0 Å². The Bertz CT molecular complexity index is 437. The maximum atomic E-state index is 9.45. The van der Waals surface area contributed by atoms with Gasteiger partial charge in [0.1, 0.15) is 5.54 Å². The van der Waals surface area contributed by atoms with Crippen molar-refractivity contribution in [1.82, 2.24) is 0 Å². The van der Waals surface area contributed by atoms with E-state index in [-0.39, 0.29) is 5.54 Å². The second-order valence-corrected chi connectivity index (χ2v) is 5.20. The molecule has 1 aromatic carbocycles. The van der Waals surface area contributed by atoms with Gasteiger partial charge in [0.25, 0.3) is 0 Å². The summed E-state index contributed by atoms with van der Waals surface area (Å²) in [5.41, 5.74) is 3.24. The van der Waals surface area contributed by atoms with Crippen molar-refractivity contribution in [3.63, 3.8) is 0 Å². The monoisotopic (exact) mass is 228 g/mol. The van der Waals surface area contributed by atoms with Gasteiger partial charge in [-0.1, -0.05) is 31.4 Å². The first kappa shape index (κ1) is 12.0. The van der Waals surface area contributed by atoms with E-state index in [9.17, 15) is 5.26 Å². The van der Waals surface area contributed by atoms with Crippen LogP contribution in [0.15, 0.2) is 18.2 Å². The number of aryl methyl sites for hydroxylation is 2. The van der Waals surface area contributed by atoms with Gasteiger partial charge in [0, 0.05) is 5.69 Å². The molecule has 1 saturated carbocycles. The molecule has 2 nitrogen and oxygen atoms in total. The Kier molecular flexibility index (Phi) is 3.38. The Labute approximate surface area is 104 Å². The Morgan fingerprint density at radius 1 is 1.18 bits per heavy atom. The summed E-state index contributed by atoms with van der Waals surface area (Å²) in [7, 11) is 0. The summed E-state index contributed by atoms with van der Waals surface area (Å²) in [6.07, 6.45) is 5.52. The van der Waals surface area contributed by atoms with Gasteiger partial charge in [0.15, 0.2) is 0 Å². The summed E-state index contributed by atoms with van der Waals surface area (Å²) in [6.45, 7) is 4.18. The first-order valence-electron chi connectivity index (χ1n) is 6.42. The molecule has 0 unspecified atom stereocenters. The van der Waals surface area contributed by atoms with Crippen molar-refractivity contribution in [2.24, 2.45) is 0 Å². The highest BCUT2D eigenvalue weighted by Crippen LogP contribution is 2.32. The third kappa shape index (κ3) is 2.61. The first-order chi connectivity index (χ1) is 8.15. The van der Waals surface area contributed by atoms with Gasteiger partial charge in [0.05, 0.1) is 6.07 Å². The van der Waals surface area contributed by atoms with Gasteiger partial charge in [-0.2, -0.15) is 5.26 Å². The molecule has 0 radical (unpaired) electrons. The molecule has 2 heteroatoms. The fourth-order valence-corrected chi connectivity index (χ4v) is 2.55. The zero-order valence-electron chi connectivity index (χ0n) is 10.7. The van der Waals surface area contributed by atoms with Crippen molar-refractivity contribution >= 4 is 5.69 Å². The SMILES string of the molecule is Cc1ccc(C)c(NC2(C#N)CCCCC2)c1. The lowest BCUT2D eigenvalue weighted by Crippen LogP contribution is -2.38. The fraction of sp³-hybridized carbons (Fsp3) is 0.533. The van der Waals surface area contributed by atoms with E-state index in [1.54, 1.807) is 0 Å². The van der Waals surface area contributed by atoms with Crippen LogP contribution in [0.1, 0.15) is 43.2 Å². The Hall–Kier alpha value is -1.49. The van der Waals surface area contributed by atoms with Crippen LogP contribution in [0.2, 0.25) is 0 Å². The second kappa shape index (κ2) is 4.79. The minimum atomic E-state index is -0.337. The number of hydrogen-bond donors (Lipinski definition) is 1. The minimum Gasteiger partial charge on any atom is -0.367 e. The average Bonchev–Trinajstić information content (AvgIpc) is 2.35. The van der Waals surface area contributed by atoms with Gasteiger partial charge in [-0.25, -0.2) is 0 Å². The van der Waals surface area contributed by atoms with Crippen molar-refractivity contribution in [2.75, 3.05) is 5.32 Å². The van der Waals surface area contributed by atoms with Crippen LogP contribution in [0.3, 0.4) is 0 Å². The Morgan fingerprint density at radius 3 is 2.53 bits per heavy atom. The van der Waals surface area contributed by atoms with E-state index in [1.165, 1.54) is 17.5 Å². The topological polar surface area (TPSA) is 35.8 Å². The summed E-state index contributed by atoms with van der Waals surface area (Å²) in [5, 5.41) is 12.9. The molecule has 0 amide bonds. The van der Waals surface area contributed by atoms with Crippen molar-refractivity contribution < 1.29 is 0 Å². The number of nitrogens with one attached hydrogen (secondary N) is 1. The quantitative estimate of drug-likeness (QED) is 0.832. The summed E-state index contributed by atoms with van der Waals surface area (Å²) in [5.74, 6) is 0. The Balaban J connectivity index is 2.23. The third-order valence-corrected chi connectivity index (χ3v) is 3.69. The van der Waals surface area contributed by atoms with E-state index in [1.807, 2.05) is 0 Å². The van der Waals surface area contributed by atoms with Crippen molar-refractivity contribution in [3.8, 4) is 6.07 Å². The molecule has 1 N–H and O–H groups in total. The Morgan fingerprint density at radius 2 is 1.88 bits per heavy atom. The first-order valence-corrected chi connectivity index (χ1v) is 6.42. The zero-order valence-corrected chi connectivity index (χ0v) is 10.7. The van der Waals surface area contributed by atoms with Gasteiger partial charge in [-0.3, -0.25) is 0 Å². The van der Waals surface area contributed by atoms with Gasteiger partial charge in [-0.05, 0) is 43.9 Å². The van der Waals surface area contributed by atoms with E-state index < -0.39 is 0 Å². The molecular formula is C15H20N2. The molecule has 0 bridgehead atoms. The molecule has 17 heavy (non-hydrogen) atoms. The molecule has 0 atom stereocenters. The molecule has 0 aromatic heterocycles. The average molecular weight is 228 g/mol. The van der Waals surface area contributed by atoms with E-state index >= 15 is 0 Å². The number of benzene rings is 1. The van der Waals surface area contributed by atoms with E-state index in [0.29, 0.717) is 0 Å². The largest absolute Gasteiger partial charge is 0.367 e. The van der Waals surface area contributed by atoms with Crippen molar-refractivity contribution in [3.05, 3.63) is 29.3 Å². The maximum Gasteiger partial charge on any atom is 0.125 e. The lowest BCUT2D eigenvalue weighted by Gasteiger charge is -2.33. The number of anilines is 1. The second-order valence-electron chi connectivity index (χ2n) is 5.20. The predicted octanol–water partition coefficient (Wildman–Crippen LogP) is 3.94. The standard InChI is InChI=1S/C15H20N2/c1-12-6-7-13(2)14(10-12)17-15(11-16)8-4-3-5-9-15/h6-7,10,17H,3-5,8-9H2,1-2H3. The molecule has 0 aliphatic heterocycles. The zero-order chi connectivity index (χ0) is 12.3. The van der Waals surface area contributed by atoms with Crippen LogP contribution in [-0.2, 0) is 0 Å². The van der Waals surface area contributed by atoms with E-state index in [2.05, 4.69) is 43.4 Å². The summed E-state index contributed by atoms with van der Waals surface area (Å²) >= 11 is 0. The smallest absolute Gasteiger partial charge is 0.125 e. The molecule has 1 aliphatic rings. The van der Waals surface area contributed by atoms with E-state index in [0.717, 1.165) is 31.4 Å². The van der Waals surface area contributed by atoms with Crippen LogP contribution >= 0.6 is 0 Å². The number of rotatable bonds is 2. The molecule has 1 fully saturated rings. The van der Waals surface area contributed by atoms with Gasteiger partial charge in [0.2, 0.25) is 0 Å². The number of nitrogens with zero attached hydrogens (tertiary/aromatic N) is 1. The van der Waals surface area contributed by atoms with E-state index in [4.69, 9.17) is 0 Å². The van der Waals surface area contributed by atoms with Gasteiger partial charge in [-0.15, -0.1) is 0 Å². The molecule has 1 aromatic rings. The summed E-state index contributed by atoms with van der Waals surface area (Å²) in [6, 6.07) is 8.87. The van der Waals surface area contributed by atoms with Crippen LogP contribution in [0, 0.1) is 25.2 Å². The molecule has 0 saturated heterocycles. The lowest BCUT2D eigenvalue weighted by atomic mass is 9.82. The molecule has 0 heterocycles. The highest BCUT2D eigenvalue weighted by atomic mass is 15.0. The summed E-state index contributed by atoms with van der Waals surface area (Å²) < 4.78 is 0. The molecule has 2 rings (SSSR count). The molecule has 1 aliphatic carbocycles. The predicted molar refractivity (Wildman–Crippen MR) is 71.0 cm³/mol. The van der Waals surface area contributed by atoms with Crippen LogP contribution < -0.4 is 5.32 Å². The fourth-order valence-electron chi connectivity index (χ4n) is 2.55. The van der Waals surface area contributed by atoms with Gasteiger partial charge >= 0.3 is 0 Å². The van der Waals surface area contributed by atoms with Gasteiger partial charge < -0.3 is 5.32 Å². The minimum absolute atomic E-state index is 0.337. The molecule has 0 spiro atoms. The number of nitriles is 1. The third-order valence-electron chi connectivity index (χ3n) is 3.69. The normalized spacial score (nSPS) is 18.4. The molecular weight excluding hydrogens is 208 g/mol. The molecule has 90 valence electrons. The van der Waals surface area contributed by atoms with Crippen molar-refractivity contribution in [1.29, 1.82) is 5.26 Å². The van der Waals surface area contributed by atoms with Crippen LogP contribution in [0.4, 0.5) is 5.69 Å². The van der Waals surface area contributed by atoms with Crippen LogP contribution in [-0.4, -0.2) is 5.54 Å². The highest BCUT2D eigenvalue weighted by molar-refractivity contribution is 5.55. The lowest BCUT2D eigenvalue weighted by molar-refractivity contribution is 0.392. The summed E-state index contributed by atoms with van der Waals surface area (Å²) in [4.78, 5) is 0. The van der Waals surface area contributed by atoms with Crippen molar-refractivity contribution in [2.45, 2.75) is 51.5 Å².